The van der Waals surface area contributed by atoms with Crippen molar-refractivity contribution in [1.82, 2.24) is 25.4 Å². The molecule has 9 nitrogen and oxygen atoms in total. The molecular formula is C23H26N8O. The first-order valence-electron chi connectivity index (χ1n) is 10.7. The molecule has 0 saturated carbocycles. The molecule has 0 aliphatic carbocycles. The number of nitriles is 1. The van der Waals surface area contributed by atoms with E-state index in [0.29, 0.717) is 36.5 Å². The highest BCUT2D eigenvalue weighted by molar-refractivity contribution is 5.74. The number of amides is 2. The van der Waals surface area contributed by atoms with Gasteiger partial charge in [-0.3, -0.25) is 0 Å². The first kappa shape index (κ1) is 21.2. The predicted molar refractivity (Wildman–Crippen MR) is 122 cm³/mol. The molecule has 4 rings (SSSR count). The zero-order chi connectivity index (χ0) is 22.3. The topological polar surface area (TPSA) is 125 Å². The van der Waals surface area contributed by atoms with Crippen molar-refractivity contribution in [2.24, 2.45) is 0 Å². The zero-order valence-corrected chi connectivity index (χ0v) is 17.7. The van der Waals surface area contributed by atoms with E-state index in [2.05, 4.69) is 31.7 Å². The number of pyridine rings is 1. The first-order chi connectivity index (χ1) is 15.7. The number of nitrogens with zero attached hydrogens (tertiary/aromatic N) is 5. The number of carbonyl (C=O) groups is 1. The normalized spacial score (nSPS) is 15.3. The Balaban J connectivity index is 1.24. The lowest BCUT2D eigenvalue weighted by Crippen LogP contribution is -2.43. The summed E-state index contributed by atoms with van der Waals surface area (Å²) < 4.78 is 1.58. The Morgan fingerprint density at radius 2 is 2.03 bits per heavy atom. The Hall–Kier alpha value is -4.06. The summed E-state index contributed by atoms with van der Waals surface area (Å²) in [5.41, 5.74) is 7.97. The Kier molecular flexibility index (Phi) is 6.51. The summed E-state index contributed by atoms with van der Waals surface area (Å²) in [6.07, 6.45) is 3.85. The fourth-order valence-corrected chi connectivity index (χ4v) is 3.86. The number of nitrogens with two attached hydrogens (primary N) is 1. The third kappa shape index (κ3) is 4.81. The molecule has 2 aromatic heterocycles. The molecule has 9 heteroatoms. The molecular weight excluding hydrogens is 404 g/mol. The van der Waals surface area contributed by atoms with Gasteiger partial charge in [-0.1, -0.05) is 24.3 Å². The number of nitrogen functional groups attached to an aromatic ring is 1. The third-order valence-corrected chi connectivity index (χ3v) is 5.48. The lowest BCUT2D eigenvalue weighted by atomic mass is 10.1. The Morgan fingerprint density at radius 3 is 2.78 bits per heavy atom. The van der Waals surface area contributed by atoms with Gasteiger partial charge in [0, 0.05) is 31.9 Å². The Bertz CT molecular complexity index is 1090. The number of nitrogens with one attached hydrogen (secondary N) is 2. The quantitative estimate of drug-likeness (QED) is 0.494. The van der Waals surface area contributed by atoms with Crippen molar-refractivity contribution < 1.29 is 4.79 Å². The van der Waals surface area contributed by atoms with Crippen LogP contribution in [0.15, 0.2) is 54.7 Å². The summed E-state index contributed by atoms with van der Waals surface area (Å²) >= 11 is 0. The fourth-order valence-electron chi connectivity index (χ4n) is 3.86. The maximum absolute atomic E-state index is 12.3. The number of hydrogen-bond acceptors (Lipinski definition) is 6. The SMILES string of the molecule is N#Cc1c(CCCNC(=O)NC2CCN(c3ccccn3)C2)nn(-c2ccccc2)c1N. The molecule has 0 bridgehead atoms. The molecule has 1 aliphatic heterocycles. The second kappa shape index (κ2) is 9.83. The number of benzene rings is 1. The summed E-state index contributed by atoms with van der Waals surface area (Å²) in [6, 6.07) is 17.4. The van der Waals surface area contributed by atoms with E-state index in [4.69, 9.17) is 5.73 Å². The van der Waals surface area contributed by atoms with E-state index < -0.39 is 0 Å². The van der Waals surface area contributed by atoms with E-state index in [0.717, 1.165) is 31.0 Å². The van der Waals surface area contributed by atoms with Crippen molar-refractivity contribution in [3.8, 4) is 11.8 Å². The Labute approximate surface area is 186 Å². The second-order valence-corrected chi connectivity index (χ2v) is 7.69. The molecule has 3 aromatic rings. The van der Waals surface area contributed by atoms with Crippen molar-refractivity contribution in [2.45, 2.75) is 25.3 Å². The molecule has 0 radical (unpaired) electrons. The monoisotopic (exact) mass is 430 g/mol. The van der Waals surface area contributed by atoms with Crippen LogP contribution in [0.1, 0.15) is 24.1 Å². The zero-order valence-electron chi connectivity index (χ0n) is 17.7. The van der Waals surface area contributed by atoms with Crippen molar-refractivity contribution in [2.75, 3.05) is 30.3 Å². The van der Waals surface area contributed by atoms with E-state index in [1.807, 2.05) is 48.5 Å². The maximum Gasteiger partial charge on any atom is 0.315 e. The number of aryl methyl sites for hydroxylation is 1. The number of aromatic nitrogens is 3. The van der Waals surface area contributed by atoms with Gasteiger partial charge in [0.25, 0.3) is 0 Å². The number of carbonyl (C=O) groups excluding carboxylic acids is 1. The van der Waals surface area contributed by atoms with E-state index in [-0.39, 0.29) is 12.1 Å². The van der Waals surface area contributed by atoms with Crippen LogP contribution >= 0.6 is 0 Å². The van der Waals surface area contributed by atoms with E-state index in [9.17, 15) is 10.1 Å². The van der Waals surface area contributed by atoms with E-state index in [1.54, 1.807) is 10.9 Å². The smallest absolute Gasteiger partial charge is 0.315 e. The van der Waals surface area contributed by atoms with Gasteiger partial charge in [0.05, 0.1) is 11.4 Å². The van der Waals surface area contributed by atoms with Gasteiger partial charge in [-0.2, -0.15) is 10.4 Å². The first-order valence-corrected chi connectivity index (χ1v) is 10.7. The number of rotatable bonds is 7. The van der Waals surface area contributed by atoms with Gasteiger partial charge < -0.3 is 21.3 Å². The lowest BCUT2D eigenvalue weighted by Gasteiger charge is -2.17. The average Bonchev–Trinajstić information content (AvgIpc) is 3.42. The summed E-state index contributed by atoms with van der Waals surface area (Å²) in [5.74, 6) is 1.26. The van der Waals surface area contributed by atoms with Crippen molar-refractivity contribution in [1.29, 1.82) is 5.26 Å². The third-order valence-electron chi connectivity index (χ3n) is 5.48. The Morgan fingerprint density at radius 1 is 1.22 bits per heavy atom. The second-order valence-electron chi connectivity index (χ2n) is 7.69. The van der Waals surface area contributed by atoms with Crippen LogP contribution in [-0.4, -0.2) is 46.5 Å². The predicted octanol–water partition coefficient (Wildman–Crippen LogP) is 2.23. The molecule has 3 heterocycles. The highest BCUT2D eigenvalue weighted by Gasteiger charge is 2.24. The minimum atomic E-state index is -0.187. The molecule has 1 fully saturated rings. The van der Waals surface area contributed by atoms with Gasteiger partial charge in [-0.15, -0.1) is 0 Å². The highest BCUT2D eigenvalue weighted by Crippen LogP contribution is 2.21. The molecule has 1 unspecified atom stereocenters. The fraction of sp³-hybridized carbons (Fsp3) is 0.304. The van der Waals surface area contributed by atoms with Gasteiger partial charge in [0.1, 0.15) is 23.3 Å². The molecule has 1 aliphatic rings. The number of para-hydroxylation sites is 1. The molecule has 32 heavy (non-hydrogen) atoms. The molecule has 164 valence electrons. The minimum Gasteiger partial charge on any atom is -0.382 e. The van der Waals surface area contributed by atoms with Gasteiger partial charge in [-0.05, 0) is 43.5 Å². The highest BCUT2D eigenvalue weighted by atomic mass is 16.2. The van der Waals surface area contributed by atoms with Crippen LogP contribution in [0.3, 0.4) is 0 Å². The van der Waals surface area contributed by atoms with Crippen molar-refractivity contribution >= 4 is 17.7 Å². The molecule has 1 saturated heterocycles. The van der Waals surface area contributed by atoms with Crippen molar-refractivity contribution in [3.05, 3.63) is 66.0 Å². The van der Waals surface area contributed by atoms with Crippen LogP contribution in [0.25, 0.3) is 5.69 Å². The molecule has 2 amide bonds. The summed E-state index contributed by atoms with van der Waals surface area (Å²) in [7, 11) is 0. The number of hydrogen-bond donors (Lipinski definition) is 3. The number of urea groups is 1. The molecule has 1 atom stereocenters. The maximum atomic E-state index is 12.3. The molecule has 4 N–H and O–H groups in total. The summed E-state index contributed by atoms with van der Waals surface area (Å²) in [4.78, 5) is 18.8. The summed E-state index contributed by atoms with van der Waals surface area (Å²) in [6.45, 7) is 2.09. The minimum absolute atomic E-state index is 0.0866. The van der Waals surface area contributed by atoms with Crippen LogP contribution < -0.4 is 21.3 Å². The van der Waals surface area contributed by atoms with Crippen LogP contribution in [0.2, 0.25) is 0 Å². The van der Waals surface area contributed by atoms with Crippen molar-refractivity contribution in [3.63, 3.8) is 0 Å². The van der Waals surface area contributed by atoms with Crippen LogP contribution in [0, 0.1) is 11.3 Å². The summed E-state index contributed by atoms with van der Waals surface area (Å²) in [5, 5.41) is 19.9. The van der Waals surface area contributed by atoms with Crippen LogP contribution in [-0.2, 0) is 6.42 Å². The lowest BCUT2D eigenvalue weighted by molar-refractivity contribution is 0.237. The average molecular weight is 431 g/mol. The molecule has 1 aromatic carbocycles. The van der Waals surface area contributed by atoms with Crippen LogP contribution in [0.4, 0.5) is 16.4 Å². The van der Waals surface area contributed by atoms with E-state index in [1.165, 1.54) is 0 Å². The van der Waals surface area contributed by atoms with Gasteiger partial charge in [0.2, 0.25) is 0 Å². The number of anilines is 2. The molecule has 0 spiro atoms. The van der Waals surface area contributed by atoms with Gasteiger partial charge in [0.15, 0.2) is 0 Å². The largest absolute Gasteiger partial charge is 0.382 e. The van der Waals surface area contributed by atoms with Gasteiger partial charge >= 0.3 is 6.03 Å². The van der Waals surface area contributed by atoms with Crippen LogP contribution in [0.5, 0.6) is 0 Å². The standard InChI is InChI=1S/C23H26N8O/c24-15-19-20(29-31(22(19)25)18-7-2-1-3-8-18)9-6-13-27-23(32)28-17-11-14-30(16-17)21-10-4-5-12-26-21/h1-5,7-8,10,12,17H,6,9,11,13-14,16,25H2,(H2,27,28,32). The van der Waals surface area contributed by atoms with E-state index >= 15 is 0 Å². The van der Waals surface area contributed by atoms with Gasteiger partial charge in [-0.25, -0.2) is 14.5 Å².